The van der Waals surface area contributed by atoms with E-state index in [0.717, 1.165) is 6.42 Å². The summed E-state index contributed by atoms with van der Waals surface area (Å²) in [5.74, 6) is -0.754. The second-order valence-electron chi connectivity index (χ2n) is 3.53. The van der Waals surface area contributed by atoms with Gasteiger partial charge in [-0.1, -0.05) is 48.4 Å². The van der Waals surface area contributed by atoms with Crippen LogP contribution in [0, 0.1) is 17.6 Å². The molecule has 0 amide bonds. The molecule has 0 bridgehead atoms. The van der Waals surface area contributed by atoms with Crippen LogP contribution in [0.2, 0.25) is 0 Å². The van der Waals surface area contributed by atoms with Crippen molar-refractivity contribution < 1.29 is 8.78 Å². The van der Waals surface area contributed by atoms with Crippen LogP contribution in [0.25, 0.3) is 6.08 Å². The van der Waals surface area contributed by atoms with Crippen LogP contribution >= 0.6 is 15.9 Å². The van der Waals surface area contributed by atoms with Gasteiger partial charge in [-0.3, -0.25) is 0 Å². The molecule has 0 heterocycles. The third-order valence-electron chi connectivity index (χ3n) is 2.28. The monoisotopic (exact) mass is 274 g/mol. The van der Waals surface area contributed by atoms with E-state index in [0.29, 0.717) is 10.4 Å². The van der Waals surface area contributed by atoms with E-state index >= 15 is 0 Å². The zero-order chi connectivity index (χ0) is 11.4. The normalized spacial score (nSPS) is 13.4. The Morgan fingerprint density at radius 1 is 1.33 bits per heavy atom. The molecule has 1 rings (SSSR count). The summed E-state index contributed by atoms with van der Waals surface area (Å²) in [7, 11) is 0. The molecular formula is C12H13BrF2. The fraction of sp³-hybridized carbons (Fsp3) is 0.333. The summed E-state index contributed by atoms with van der Waals surface area (Å²) in [6.07, 6.45) is 4.27. The number of hydrogen-bond acceptors (Lipinski definition) is 0. The minimum atomic E-state index is -0.540. The van der Waals surface area contributed by atoms with Gasteiger partial charge in [-0.15, -0.1) is 0 Å². The first-order chi connectivity index (χ1) is 7.04. The highest BCUT2D eigenvalue weighted by Gasteiger charge is 2.07. The van der Waals surface area contributed by atoms with E-state index < -0.39 is 11.6 Å². The first-order valence-electron chi connectivity index (χ1n) is 4.87. The van der Waals surface area contributed by atoms with Crippen LogP contribution in [-0.4, -0.2) is 0 Å². The second kappa shape index (κ2) is 5.40. The van der Waals surface area contributed by atoms with E-state index in [1.165, 1.54) is 18.2 Å². The van der Waals surface area contributed by atoms with Gasteiger partial charge in [0.05, 0.1) is 0 Å². The number of benzene rings is 1. The van der Waals surface area contributed by atoms with Crippen LogP contribution in [0.1, 0.15) is 25.8 Å². The van der Waals surface area contributed by atoms with Crippen molar-refractivity contribution in [1.82, 2.24) is 0 Å². The Balaban J connectivity index is 3.00. The molecule has 82 valence electrons. The van der Waals surface area contributed by atoms with Crippen LogP contribution in [0.15, 0.2) is 22.7 Å². The Bertz CT molecular complexity index is 349. The van der Waals surface area contributed by atoms with Crippen LogP contribution in [0.4, 0.5) is 8.78 Å². The molecule has 1 aromatic rings. The molecule has 0 spiro atoms. The minimum Gasteiger partial charge on any atom is -0.206 e. The highest BCUT2D eigenvalue weighted by atomic mass is 79.9. The van der Waals surface area contributed by atoms with Crippen molar-refractivity contribution in [3.8, 4) is 0 Å². The first kappa shape index (κ1) is 12.4. The lowest BCUT2D eigenvalue weighted by Gasteiger charge is -2.03. The maximum Gasteiger partial charge on any atom is 0.134 e. The number of allylic oxidation sites excluding steroid dienone is 1. The van der Waals surface area contributed by atoms with Gasteiger partial charge < -0.3 is 0 Å². The zero-order valence-electron chi connectivity index (χ0n) is 8.73. The zero-order valence-corrected chi connectivity index (χ0v) is 10.3. The Labute approximate surface area is 97.1 Å². The quantitative estimate of drug-likeness (QED) is 0.744. The maximum atomic E-state index is 13.3. The molecule has 0 aliphatic heterocycles. The predicted molar refractivity (Wildman–Crippen MR) is 62.5 cm³/mol. The molecule has 15 heavy (non-hydrogen) atoms. The summed E-state index contributed by atoms with van der Waals surface area (Å²) in [5.41, 5.74) is 0.0264. The van der Waals surface area contributed by atoms with Gasteiger partial charge in [0.2, 0.25) is 0 Å². The van der Waals surface area contributed by atoms with E-state index in [4.69, 9.17) is 0 Å². The molecule has 3 heteroatoms. The number of halogens is 3. The van der Waals surface area contributed by atoms with Gasteiger partial charge in [0, 0.05) is 10.0 Å². The number of rotatable bonds is 3. The van der Waals surface area contributed by atoms with Gasteiger partial charge >= 0.3 is 0 Å². The van der Waals surface area contributed by atoms with E-state index in [1.54, 1.807) is 0 Å². The topological polar surface area (TPSA) is 0 Å². The Morgan fingerprint density at radius 3 is 2.33 bits per heavy atom. The highest BCUT2D eigenvalue weighted by Crippen LogP contribution is 2.21. The maximum absolute atomic E-state index is 13.3. The van der Waals surface area contributed by atoms with Gasteiger partial charge in [0.1, 0.15) is 11.6 Å². The lowest BCUT2D eigenvalue weighted by atomic mass is 10.1. The van der Waals surface area contributed by atoms with Gasteiger partial charge in [0.25, 0.3) is 0 Å². The molecule has 0 aliphatic rings. The molecule has 0 nitrogen and oxygen atoms in total. The summed E-state index contributed by atoms with van der Waals surface area (Å²) >= 11 is 3.04. The van der Waals surface area contributed by atoms with Gasteiger partial charge in [-0.05, 0) is 18.1 Å². The SMILES string of the molecule is CCC(C)/C=C/c1c(F)cc(Br)cc1F. The molecule has 1 unspecified atom stereocenters. The van der Waals surface area contributed by atoms with E-state index in [2.05, 4.69) is 15.9 Å². The largest absolute Gasteiger partial charge is 0.206 e. The fourth-order valence-electron chi connectivity index (χ4n) is 1.11. The highest BCUT2D eigenvalue weighted by molar-refractivity contribution is 9.10. The summed E-state index contributed by atoms with van der Waals surface area (Å²) in [5, 5.41) is 0. The first-order valence-corrected chi connectivity index (χ1v) is 5.66. The molecule has 0 radical (unpaired) electrons. The van der Waals surface area contributed by atoms with Crippen molar-refractivity contribution in [2.45, 2.75) is 20.3 Å². The molecule has 1 atom stereocenters. The molecule has 0 aliphatic carbocycles. The lowest BCUT2D eigenvalue weighted by Crippen LogP contribution is -1.90. The molecule has 0 fully saturated rings. The van der Waals surface area contributed by atoms with Crippen molar-refractivity contribution in [2.24, 2.45) is 5.92 Å². The van der Waals surface area contributed by atoms with Crippen molar-refractivity contribution in [3.05, 3.63) is 39.9 Å². The molecule has 0 N–H and O–H groups in total. The summed E-state index contributed by atoms with van der Waals surface area (Å²) in [4.78, 5) is 0. The standard InChI is InChI=1S/C12H13BrF2/c1-3-8(2)4-5-10-11(14)6-9(13)7-12(10)15/h4-8H,3H2,1-2H3/b5-4+. The molecular weight excluding hydrogens is 262 g/mol. The van der Waals surface area contributed by atoms with Crippen molar-refractivity contribution >= 4 is 22.0 Å². The van der Waals surface area contributed by atoms with Crippen LogP contribution in [0.3, 0.4) is 0 Å². The van der Waals surface area contributed by atoms with Crippen LogP contribution in [0.5, 0.6) is 0 Å². The van der Waals surface area contributed by atoms with Gasteiger partial charge in [-0.2, -0.15) is 0 Å². The number of hydrogen-bond donors (Lipinski definition) is 0. The second-order valence-corrected chi connectivity index (χ2v) is 4.44. The van der Waals surface area contributed by atoms with Crippen molar-refractivity contribution in [3.63, 3.8) is 0 Å². The van der Waals surface area contributed by atoms with E-state index in [1.807, 2.05) is 19.9 Å². The Morgan fingerprint density at radius 2 is 1.87 bits per heavy atom. The van der Waals surface area contributed by atoms with E-state index in [-0.39, 0.29) is 5.56 Å². The Kier molecular flexibility index (Phi) is 4.45. The van der Waals surface area contributed by atoms with Gasteiger partial charge in [0.15, 0.2) is 0 Å². The third-order valence-corrected chi connectivity index (χ3v) is 2.74. The van der Waals surface area contributed by atoms with Gasteiger partial charge in [-0.25, -0.2) is 8.78 Å². The lowest BCUT2D eigenvalue weighted by molar-refractivity contribution is 0.576. The Hall–Kier alpha value is -0.700. The fourth-order valence-corrected chi connectivity index (χ4v) is 1.51. The molecule has 1 aromatic carbocycles. The van der Waals surface area contributed by atoms with E-state index in [9.17, 15) is 8.78 Å². The molecule has 0 saturated carbocycles. The predicted octanol–water partition coefficient (Wildman–Crippen LogP) is 4.79. The smallest absolute Gasteiger partial charge is 0.134 e. The molecule has 0 saturated heterocycles. The average Bonchev–Trinajstić information content (AvgIpc) is 2.15. The van der Waals surface area contributed by atoms with Crippen molar-refractivity contribution in [1.29, 1.82) is 0 Å². The van der Waals surface area contributed by atoms with Crippen LogP contribution in [-0.2, 0) is 0 Å². The average molecular weight is 275 g/mol. The summed E-state index contributed by atoms with van der Waals surface area (Å²) in [6, 6.07) is 2.53. The summed E-state index contributed by atoms with van der Waals surface area (Å²) < 4.78 is 27.1. The third kappa shape index (κ3) is 3.42. The molecule has 0 aromatic heterocycles. The minimum absolute atomic E-state index is 0.0264. The summed E-state index contributed by atoms with van der Waals surface area (Å²) in [6.45, 7) is 4.04. The van der Waals surface area contributed by atoms with Crippen LogP contribution < -0.4 is 0 Å². The van der Waals surface area contributed by atoms with Crippen molar-refractivity contribution in [2.75, 3.05) is 0 Å².